The van der Waals surface area contributed by atoms with E-state index in [2.05, 4.69) is 23.9 Å². The third kappa shape index (κ3) is 1.78. The van der Waals surface area contributed by atoms with Gasteiger partial charge in [-0.1, -0.05) is 6.42 Å². The molecule has 2 bridgehead atoms. The Morgan fingerprint density at radius 2 is 2.33 bits per heavy atom. The van der Waals surface area contributed by atoms with Crippen molar-refractivity contribution in [3.8, 4) is 0 Å². The lowest BCUT2D eigenvalue weighted by Gasteiger charge is -2.36. The molecule has 1 heterocycles. The molecule has 0 aliphatic heterocycles. The molecule has 0 radical (unpaired) electrons. The van der Waals surface area contributed by atoms with Crippen molar-refractivity contribution in [3.63, 3.8) is 0 Å². The zero-order chi connectivity index (χ0) is 12.8. The molecule has 0 saturated heterocycles. The molecule has 2 aliphatic rings. The molecule has 0 spiro atoms. The average molecular weight is 249 g/mol. The van der Waals surface area contributed by atoms with Crippen molar-refractivity contribution in [1.82, 2.24) is 14.8 Å². The Kier molecular flexibility index (Phi) is 2.93. The summed E-state index contributed by atoms with van der Waals surface area (Å²) in [4.78, 5) is 4.42. The SMILES string of the molecule is CC(C)n1ncnc1CC1(CO)CC2CCC1C2. The normalized spacial score (nSPS) is 34.7. The molecular weight excluding hydrogens is 226 g/mol. The van der Waals surface area contributed by atoms with Crippen LogP contribution in [0.1, 0.15) is 51.4 Å². The smallest absolute Gasteiger partial charge is 0.138 e. The van der Waals surface area contributed by atoms with Crippen LogP contribution in [-0.2, 0) is 6.42 Å². The zero-order valence-electron chi connectivity index (χ0n) is 11.3. The van der Waals surface area contributed by atoms with Crippen LogP contribution < -0.4 is 0 Å². The summed E-state index contributed by atoms with van der Waals surface area (Å²) in [6.45, 7) is 4.56. The fourth-order valence-corrected chi connectivity index (χ4v) is 4.17. The third-order valence-electron chi connectivity index (χ3n) is 5.06. The summed E-state index contributed by atoms with van der Waals surface area (Å²) >= 11 is 0. The Morgan fingerprint density at radius 3 is 2.89 bits per heavy atom. The second-order valence-corrected chi connectivity index (χ2v) is 6.49. The quantitative estimate of drug-likeness (QED) is 0.890. The second kappa shape index (κ2) is 4.34. The number of aromatic nitrogens is 3. The minimum Gasteiger partial charge on any atom is -0.396 e. The molecule has 4 heteroatoms. The molecule has 4 nitrogen and oxygen atoms in total. The van der Waals surface area contributed by atoms with E-state index in [0.717, 1.165) is 18.2 Å². The zero-order valence-corrected chi connectivity index (χ0v) is 11.3. The fourth-order valence-electron chi connectivity index (χ4n) is 4.17. The Labute approximate surface area is 108 Å². The summed E-state index contributed by atoms with van der Waals surface area (Å²) in [6, 6.07) is 0.344. The minimum atomic E-state index is 0.0859. The Bertz CT molecular complexity index is 428. The van der Waals surface area contributed by atoms with Crippen molar-refractivity contribution in [2.24, 2.45) is 17.3 Å². The van der Waals surface area contributed by atoms with Crippen LogP contribution in [0.4, 0.5) is 0 Å². The monoisotopic (exact) mass is 249 g/mol. The molecule has 100 valence electrons. The van der Waals surface area contributed by atoms with Gasteiger partial charge in [0.15, 0.2) is 0 Å². The van der Waals surface area contributed by atoms with E-state index >= 15 is 0 Å². The molecule has 18 heavy (non-hydrogen) atoms. The molecule has 2 fully saturated rings. The minimum absolute atomic E-state index is 0.0859. The van der Waals surface area contributed by atoms with Crippen molar-refractivity contribution >= 4 is 0 Å². The van der Waals surface area contributed by atoms with Crippen molar-refractivity contribution in [3.05, 3.63) is 12.2 Å². The molecule has 2 aliphatic carbocycles. The molecule has 3 atom stereocenters. The van der Waals surface area contributed by atoms with Gasteiger partial charge in [-0.3, -0.25) is 0 Å². The van der Waals surface area contributed by atoms with Crippen LogP contribution in [0.15, 0.2) is 6.33 Å². The molecule has 1 aromatic rings. The van der Waals surface area contributed by atoms with Gasteiger partial charge in [-0.05, 0) is 44.9 Å². The van der Waals surface area contributed by atoms with E-state index in [1.807, 2.05) is 4.68 Å². The number of aliphatic hydroxyl groups is 1. The standard InChI is InChI=1S/C14H23N3O/c1-10(2)17-13(15-9-16-17)7-14(8-18)6-11-3-4-12(14)5-11/h9-12,18H,3-8H2,1-2H3. The summed E-state index contributed by atoms with van der Waals surface area (Å²) in [5.74, 6) is 2.59. The lowest BCUT2D eigenvalue weighted by atomic mass is 9.71. The molecular formula is C14H23N3O. The highest BCUT2D eigenvalue weighted by Gasteiger charge is 2.51. The van der Waals surface area contributed by atoms with E-state index in [4.69, 9.17) is 0 Å². The number of aliphatic hydroxyl groups excluding tert-OH is 1. The van der Waals surface area contributed by atoms with Gasteiger partial charge in [0.2, 0.25) is 0 Å². The fraction of sp³-hybridized carbons (Fsp3) is 0.857. The van der Waals surface area contributed by atoms with Crippen molar-refractivity contribution in [1.29, 1.82) is 0 Å². The number of hydrogen-bond donors (Lipinski definition) is 1. The van der Waals surface area contributed by atoms with Crippen LogP contribution in [0, 0.1) is 17.3 Å². The third-order valence-corrected chi connectivity index (χ3v) is 5.06. The van der Waals surface area contributed by atoms with Gasteiger partial charge in [0.25, 0.3) is 0 Å². The lowest BCUT2D eigenvalue weighted by molar-refractivity contribution is 0.0618. The molecule has 3 rings (SSSR count). The van der Waals surface area contributed by atoms with Gasteiger partial charge in [-0.15, -0.1) is 0 Å². The van der Waals surface area contributed by atoms with Gasteiger partial charge < -0.3 is 5.11 Å². The maximum Gasteiger partial charge on any atom is 0.138 e. The van der Waals surface area contributed by atoms with E-state index in [1.54, 1.807) is 6.33 Å². The maximum atomic E-state index is 9.91. The van der Waals surface area contributed by atoms with Gasteiger partial charge in [-0.25, -0.2) is 9.67 Å². The predicted molar refractivity (Wildman–Crippen MR) is 69.1 cm³/mol. The Morgan fingerprint density at radius 1 is 1.50 bits per heavy atom. The number of fused-ring (bicyclic) bond motifs is 2. The highest BCUT2D eigenvalue weighted by atomic mass is 16.3. The highest BCUT2D eigenvalue weighted by Crippen LogP contribution is 2.56. The Balaban J connectivity index is 1.84. The predicted octanol–water partition coefficient (Wildman–Crippen LogP) is 2.20. The number of rotatable bonds is 4. The molecule has 1 N–H and O–H groups in total. The van der Waals surface area contributed by atoms with Crippen molar-refractivity contribution in [2.75, 3.05) is 6.61 Å². The number of hydrogen-bond acceptors (Lipinski definition) is 3. The van der Waals surface area contributed by atoms with Gasteiger partial charge in [0, 0.05) is 24.5 Å². The molecule has 3 unspecified atom stereocenters. The van der Waals surface area contributed by atoms with Gasteiger partial charge in [0.05, 0.1) is 0 Å². The summed E-state index contributed by atoms with van der Waals surface area (Å²) in [5, 5.41) is 14.2. The Hall–Kier alpha value is -0.900. The van der Waals surface area contributed by atoms with E-state index in [0.29, 0.717) is 18.6 Å². The summed E-state index contributed by atoms with van der Waals surface area (Å²) in [7, 11) is 0. The van der Waals surface area contributed by atoms with Crippen LogP contribution in [0.3, 0.4) is 0 Å². The molecule has 1 aromatic heterocycles. The van der Waals surface area contributed by atoms with Crippen LogP contribution in [0.5, 0.6) is 0 Å². The first-order chi connectivity index (χ1) is 8.64. The maximum absolute atomic E-state index is 9.91. The molecule has 0 aromatic carbocycles. The van der Waals surface area contributed by atoms with Gasteiger partial charge >= 0.3 is 0 Å². The van der Waals surface area contributed by atoms with Crippen molar-refractivity contribution < 1.29 is 5.11 Å². The summed E-state index contributed by atoms with van der Waals surface area (Å²) < 4.78 is 2.00. The molecule has 2 saturated carbocycles. The van der Waals surface area contributed by atoms with Crippen LogP contribution in [-0.4, -0.2) is 26.5 Å². The van der Waals surface area contributed by atoms with Crippen LogP contribution in [0.2, 0.25) is 0 Å². The highest BCUT2D eigenvalue weighted by molar-refractivity contribution is 5.05. The number of nitrogens with zero attached hydrogens (tertiary/aromatic N) is 3. The first-order valence-corrected chi connectivity index (χ1v) is 7.14. The average Bonchev–Trinajstić information content (AvgIpc) is 3.03. The van der Waals surface area contributed by atoms with Gasteiger partial charge in [0.1, 0.15) is 12.2 Å². The largest absolute Gasteiger partial charge is 0.396 e. The van der Waals surface area contributed by atoms with Crippen LogP contribution >= 0.6 is 0 Å². The summed E-state index contributed by atoms with van der Waals surface area (Å²) in [5.41, 5.74) is 0.0859. The van der Waals surface area contributed by atoms with E-state index < -0.39 is 0 Å². The van der Waals surface area contributed by atoms with Crippen molar-refractivity contribution in [2.45, 2.75) is 52.0 Å². The first-order valence-electron chi connectivity index (χ1n) is 7.14. The second-order valence-electron chi connectivity index (χ2n) is 6.49. The topological polar surface area (TPSA) is 50.9 Å². The van der Waals surface area contributed by atoms with E-state index in [1.165, 1.54) is 25.7 Å². The van der Waals surface area contributed by atoms with Crippen LogP contribution in [0.25, 0.3) is 0 Å². The van der Waals surface area contributed by atoms with Gasteiger partial charge in [-0.2, -0.15) is 5.10 Å². The lowest BCUT2D eigenvalue weighted by Crippen LogP contribution is -2.35. The first kappa shape index (κ1) is 12.2. The summed E-state index contributed by atoms with van der Waals surface area (Å²) in [6.07, 6.45) is 7.69. The van der Waals surface area contributed by atoms with E-state index in [-0.39, 0.29) is 5.41 Å². The van der Waals surface area contributed by atoms with E-state index in [9.17, 15) is 5.11 Å². The molecule has 0 amide bonds.